The maximum Gasteiger partial charge on any atom is 0.224 e. The van der Waals surface area contributed by atoms with Crippen LogP contribution in [-0.4, -0.2) is 24.0 Å². The van der Waals surface area contributed by atoms with Gasteiger partial charge in [-0.2, -0.15) is 0 Å². The molecule has 26 heavy (non-hydrogen) atoms. The van der Waals surface area contributed by atoms with Crippen LogP contribution in [-0.2, 0) is 11.2 Å². The molecule has 1 amide bonds. The van der Waals surface area contributed by atoms with E-state index in [4.69, 9.17) is 0 Å². The number of nitrogens with zero attached hydrogens (tertiary/aromatic N) is 1. The molecule has 1 unspecified atom stereocenters. The van der Waals surface area contributed by atoms with E-state index in [2.05, 4.69) is 39.9 Å². The van der Waals surface area contributed by atoms with Crippen molar-refractivity contribution in [3.63, 3.8) is 0 Å². The number of nitrogens with one attached hydrogen (secondary N) is 2. The van der Waals surface area contributed by atoms with Gasteiger partial charge in [-0.25, -0.2) is 4.98 Å². The van der Waals surface area contributed by atoms with Gasteiger partial charge < -0.3 is 10.6 Å². The molecule has 0 radical (unpaired) electrons. The van der Waals surface area contributed by atoms with Crippen LogP contribution >= 0.6 is 11.3 Å². The van der Waals surface area contributed by atoms with Crippen molar-refractivity contribution in [1.82, 2.24) is 10.3 Å². The molecule has 0 spiro atoms. The molecule has 2 N–H and O–H groups in total. The highest BCUT2D eigenvalue weighted by Crippen LogP contribution is 2.24. The first-order valence-corrected chi connectivity index (χ1v) is 10.0. The highest BCUT2D eigenvalue weighted by atomic mass is 32.1. The van der Waals surface area contributed by atoms with Crippen molar-refractivity contribution in [3.8, 4) is 0 Å². The van der Waals surface area contributed by atoms with Crippen molar-refractivity contribution in [1.29, 1.82) is 0 Å². The number of rotatable bonds is 6. The van der Waals surface area contributed by atoms with Crippen LogP contribution in [0.15, 0.2) is 48.5 Å². The SMILES string of the molecule is O=C(CCC1CCNC1)Nc1ccc(Cc2nc3ccccc3s2)cc1. The lowest BCUT2D eigenvalue weighted by atomic mass is 10.0. The predicted molar refractivity (Wildman–Crippen MR) is 108 cm³/mol. The van der Waals surface area contributed by atoms with Gasteiger partial charge in [-0.05, 0) is 61.7 Å². The maximum absolute atomic E-state index is 12.1. The van der Waals surface area contributed by atoms with E-state index in [-0.39, 0.29) is 5.91 Å². The summed E-state index contributed by atoms with van der Waals surface area (Å²) in [5, 5.41) is 7.47. The summed E-state index contributed by atoms with van der Waals surface area (Å²) in [6.45, 7) is 2.14. The fourth-order valence-corrected chi connectivity index (χ4v) is 4.40. The summed E-state index contributed by atoms with van der Waals surface area (Å²) in [6, 6.07) is 16.3. The molecule has 1 aromatic heterocycles. The molecule has 3 aromatic rings. The summed E-state index contributed by atoms with van der Waals surface area (Å²) in [7, 11) is 0. The van der Waals surface area contributed by atoms with E-state index in [1.54, 1.807) is 11.3 Å². The minimum Gasteiger partial charge on any atom is -0.326 e. The van der Waals surface area contributed by atoms with Crippen molar-refractivity contribution < 1.29 is 4.79 Å². The number of carbonyl (C=O) groups excluding carboxylic acids is 1. The Bertz CT molecular complexity index is 849. The number of thiazole rings is 1. The molecule has 0 aliphatic carbocycles. The molecular formula is C21H23N3OS. The summed E-state index contributed by atoms with van der Waals surface area (Å²) < 4.78 is 1.23. The third kappa shape index (κ3) is 4.29. The predicted octanol–water partition coefficient (Wildman–Crippen LogP) is 4.22. The number of benzene rings is 2. The molecule has 1 atom stereocenters. The van der Waals surface area contributed by atoms with Gasteiger partial charge in [0, 0.05) is 18.5 Å². The lowest BCUT2D eigenvalue weighted by molar-refractivity contribution is -0.116. The Balaban J connectivity index is 1.31. The Kier molecular flexibility index (Phi) is 5.27. The van der Waals surface area contributed by atoms with Crippen molar-refractivity contribution in [2.45, 2.75) is 25.7 Å². The Hall–Kier alpha value is -2.24. The number of carbonyl (C=O) groups is 1. The number of amides is 1. The number of aromatic nitrogens is 1. The lowest BCUT2D eigenvalue weighted by Crippen LogP contribution is -2.15. The summed E-state index contributed by atoms with van der Waals surface area (Å²) in [4.78, 5) is 16.8. The second kappa shape index (κ2) is 7.98. The van der Waals surface area contributed by atoms with Crippen LogP contribution in [0.5, 0.6) is 0 Å². The van der Waals surface area contributed by atoms with Crippen LogP contribution in [0.4, 0.5) is 5.69 Å². The minimum atomic E-state index is 0.107. The van der Waals surface area contributed by atoms with E-state index >= 15 is 0 Å². The smallest absolute Gasteiger partial charge is 0.224 e. The molecule has 0 saturated carbocycles. The van der Waals surface area contributed by atoms with Gasteiger partial charge in [0.15, 0.2) is 0 Å². The summed E-state index contributed by atoms with van der Waals surface area (Å²) >= 11 is 1.74. The molecule has 134 valence electrons. The van der Waals surface area contributed by atoms with Gasteiger partial charge in [0.2, 0.25) is 5.91 Å². The van der Waals surface area contributed by atoms with Crippen LogP contribution < -0.4 is 10.6 Å². The van der Waals surface area contributed by atoms with Gasteiger partial charge in [0.25, 0.3) is 0 Å². The van der Waals surface area contributed by atoms with E-state index < -0.39 is 0 Å². The first-order chi connectivity index (χ1) is 12.8. The standard InChI is InChI=1S/C21H23N3OS/c25-20(10-7-16-11-12-22-14-16)23-17-8-5-15(6-9-17)13-21-24-18-3-1-2-4-19(18)26-21/h1-6,8-9,16,22H,7,10-14H2,(H,23,25). The highest BCUT2D eigenvalue weighted by molar-refractivity contribution is 7.18. The molecule has 2 heterocycles. The van der Waals surface area contributed by atoms with E-state index in [1.807, 2.05) is 24.3 Å². The second-order valence-corrected chi connectivity index (χ2v) is 8.01. The Morgan fingerprint density at radius 3 is 2.81 bits per heavy atom. The Morgan fingerprint density at radius 2 is 2.04 bits per heavy atom. The fourth-order valence-electron chi connectivity index (χ4n) is 3.40. The lowest BCUT2D eigenvalue weighted by Gasteiger charge is -2.09. The zero-order chi connectivity index (χ0) is 17.8. The second-order valence-electron chi connectivity index (χ2n) is 6.89. The maximum atomic E-state index is 12.1. The van der Waals surface area contributed by atoms with Crippen molar-refractivity contribution >= 4 is 33.1 Å². The normalized spacial score (nSPS) is 16.8. The molecular weight excluding hydrogens is 342 g/mol. The summed E-state index contributed by atoms with van der Waals surface area (Å²) in [5.74, 6) is 0.757. The average Bonchev–Trinajstić information content (AvgIpc) is 3.30. The van der Waals surface area contributed by atoms with Crippen LogP contribution in [0, 0.1) is 5.92 Å². The van der Waals surface area contributed by atoms with Gasteiger partial charge >= 0.3 is 0 Å². The van der Waals surface area contributed by atoms with E-state index in [1.165, 1.54) is 16.7 Å². The number of fused-ring (bicyclic) bond motifs is 1. The van der Waals surface area contributed by atoms with Gasteiger partial charge in [-0.15, -0.1) is 11.3 Å². The van der Waals surface area contributed by atoms with Gasteiger partial charge in [-0.1, -0.05) is 24.3 Å². The number of hydrogen-bond donors (Lipinski definition) is 2. The molecule has 1 aliphatic heterocycles. The van der Waals surface area contributed by atoms with E-state index in [0.717, 1.165) is 42.1 Å². The molecule has 4 nitrogen and oxygen atoms in total. The molecule has 1 aliphatic rings. The Labute approximate surface area is 157 Å². The van der Waals surface area contributed by atoms with Gasteiger partial charge in [0.05, 0.1) is 15.2 Å². The fraction of sp³-hybridized carbons (Fsp3) is 0.333. The monoisotopic (exact) mass is 365 g/mol. The molecule has 4 rings (SSSR count). The third-order valence-corrected chi connectivity index (χ3v) is 5.91. The third-order valence-electron chi connectivity index (χ3n) is 4.87. The molecule has 0 bridgehead atoms. The molecule has 1 fully saturated rings. The number of anilines is 1. The summed E-state index contributed by atoms with van der Waals surface area (Å²) in [5.41, 5.74) is 3.14. The first kappa shape index (κ1) is 17.2. The zero-order valence-corrected chi connectivity index (χ0v) is 15.5. The van der Waals surface area contributed by atoms with Crippen LogP contribution in [0.3, 0.4) is 0 Å². The quantitative estimate of drug-likeness (QED) is 0.688. The van der Waals surface area contributed by atoms with Crippen LogP contribution in [0.1, 0.15) is 29.8 Å². The van der Waals surface area contributed by atoms with Gasteiger partial charge in [0.1, 0.15) is 0 Å². The number of hydrogen-bond acceptors (Lipinski definition) is 4. The van der Waals surface area contributed by atoms with E-state index in [0.29, 0.717) is 12.3 Å². The van der Waals surface area contributed by atoms with Gasteiger partial charge in [-0.3, -0.25) is 4.79 Å². The van der Waals surface area contributed by atoms with Crippen molar-refractivity contribution in [2.24, 2.45) is 5.92 Å². The molecule has 2 aromatic carbocycles. The highest BCUT2D eigenvalue weighted by Gasteiger charge is 2.15. The first-order valence-electron chi connectivity index (χ1n) is 9.20. The van der Waals surface area contributed by atoms with Crippen LogP contribution in [0.2, 0.25) is 0 Å². The zero-order valence-electron chi connectivity index (χ0n) is 14.7. The largest absolute Gasteiger partial charge is 0.326 e. The average molecular weight is 366 g/mol. The summed E-state index contributed by atoms with van der Waals surface area (Å²) in [6.07, 6.45) is 3.57. The Morgan fingerprint density at radius 1 is 1.19 bits per heavy atom. The topological polar surface area (TPSA) is 54.0 Å². The van der Waals surface area contributed by atoms with E-state index in [9.17, 15) is 4.79 Å². The molecule has 5 heteroatoms. The minimum absolute atomic E-state index is 0.107. The van der Waals surface area contributed by atoms with Crippen molar-refractivity contribution in [3.05, 3.63) is 59.1 Å². The number of para-hydroxylation sites is 1. The molecule has 1 saturated heterocycles. The van der Waals surface area contributed by atoms with Crippen LogP contribution in [0.25, 0.3) is 10.2 Å². The van der Waals surface area contributed by atoms with Crippen molar-refractivity contribution in [2.75, 3.05) is 18.4 Å².